The summed E-state index contributed by atoms with van der Waals surface area (Å²) in [6, 6.07) is 3.48. The number of hydrogen-bond donors (Lipinski definition) is 0. The van der Waals surface area contributed by atoms with Crippen molar-refractivity contribution in [2.75, 3.05) is 7.11 Å². The van der Waals surface area contributed by atoms with Gasteiger partial charge in [0.05, 0.1) is 7.11 Å². The molecule has 0 saturated carbocycles. The van der Waals surface area contributed by atoms with Crippen LogP contribution in [0.15, 0.2) is 27.6 Å². The number of rotatable bonds is 3. The van der Waals surface area contributed by atoms with Crippen LogP contribution >= 0.6 is 10.7 Å². The predicted molar refractivity (Wildman–Crippen MR) is 64.3 cm³/mol. The van der Waals surface area contributed by atoms with Crippen LogP contribution in [-0.4, -0.2) is 25.7 Å². The van der Waals surface area contributed by atoms with Crippen LogP contribution in [0.2, 0.25) is 0 Å². The van der Waals surface area contributed by atoms with Gasteiger partial charge >= 0.3 is 12.1 Å². The van der Waals surface area contributed by atoms with Crippen LogP contribution in [0.25, 0.3) is 11.4 Å². The molecule has 0 amide bonds. The van der Waals surface area contributed by atoms with Gasteiger partial charge < -0.3 is 9.26 Å². The van der Waals surface area contributed by atoms with Gasteiger partial charge in [-0.05, 0) is 18.2 Å². The van der Waals surface area contributed by atoms with Crippen LogP contribution in [0.1, 0.15) is 5.89 Å². The van der Waals surface area contributed by atoms with Crippen LogP contribution in [0.3, 0.4) is 0 Å². The Balaban J connectivity index is 2.53. The molecule has 0 aliphatic heterocycles. The molecule has 0 atom stereocenters. The fourth-order valence-corrected chi connectivity index (χ4v) is 2.48. The van der Waals surface area contributed by atoms with Crippen molar-refractivity contribution in [2.45, 2.75) is 11.1 Å². The van der Waals surface area contributed by atoms with Crippen molar-refractivity contribution in [2.24, 2.45) is 0 Å². The molecule has 0 spiro atoms. The molecule has 1 aromatic carbocycles. The van der Waals surface area contributed by atoms with E-state index in [0.717, 1.165) is 6.07 Å². The molecule has 1 heterocycles. The van der Waals surface area contributed by atoms with Gasteiger partial charge in [0.15, 0.2) is 0 Å². The Morgan fingerprint density at radius 2 is 2.00 bits per heavy atom. The number of nitrogens with zero attached hydrogens (tertiary/aromatic N) is 2. The molecule has 0 N–H and O–H groups in total. The van der Waals surface area contributed by atoms with Crippen molar-refractivity contribution in [3.63, 3.8) is 0 Å². The highest BCUT2D eigenvalue weighted by atomic mass is 35.7. The molecule has 2 aromatic rings. The standard InChI is InChI=1S/C10H6ClF3N2O4S/c1-19-6-3-2-5(4-7(6)21(11,17)18)8-15-9(20-16-8)10(12,13)14/h2-4H,1H3. The van der Waals surface area contributed by atoms with Crippen molar-refractivity contribution < 1.29 is 30.8 Å². The SMILES string of the molecule is COc1ccc(-c2noc(C(F)(F)F)n2)cc1S(=O)(=O)Cl. The maximum absolute atomic E-state index is 12.4. The van der Waals surface area contributed by atoms with Gasteiger partial charge in [-0.25, -0.2) is 8.42 Å². The average Bonchev–Trinajstić information content (AvgIpc) is 2.86. The lowest BCUT2D eigenvalue weighted by Crippen LogP contribution is -2.04. The van der Waals surface area contributed by atoms with Gasteiger partial charge in [-0.1, -0.05) is 5.16 Å². The summed E-state index contributed by atoms with van der Waals surface area (Å²) in [5.74, 6) is -2.02. The second kappa shape index (κ2) is 5.19. The Hall–Kier alpha value is -1.81. The highest BCUT2D eigenvalue weighted by Gasteiger charge is 2.38. The number of hydrogen-bond acceptors (Lipinski definition) is 6. The second-order valence-corrected chi connectivity index (χ2v) is 6.26. The summed E-state index contributed by atoms with van der Waals surface area (Å²) < 4.78 is 68.8. The molecular weight excluding hydrogens is 337 g/mol. The summed E-state index contributed by atoms with van der Waals surface area (Å²) in [4.78, 5) is 2.73. The largest absolute Gasteiger partial charge is 0.495 e. The van der Waals surface area contributed by atoms with E-state index in [4.69, 9.17) is 15.4 Å². The average molecular weight is 343 g/mol. The summed E-state index contributed by atoms with van der Waals surface area (Å²) in [5, 5.41) is 3.15. The number of benzene rings is 1. The zero-order valence-corrected chi connectivity index (χ0v) is 11.8. The zero-order valence-electron chi connectivity index (χ0n) is 10.2. The fourth-order valence-electron chi connectivity index (χ4n) is 1.46. The van der Waals surface area contributed by atoms with Crippen LogP contribution in [0.5, 0.6) is 5.75 Å². The van der Waals surface area contributed by atoms with E-state index in [9.17, 15) is 21.6 Å². The molecule has 6 nitrogen and oxygen atoms in total. The van der Waals surface area contributed by atoms with Gasteiger partial charge in [-0.2, -0.15) is 18.2 Å². The minimum atomic E-state index is -4.79. The summed E-state index contributed by atoms with van der Waals surface area (Å²) in [5.41, 5.74) is -0.0192. The topological polar surface area (TPSA) is 82.3 Å². The third-order valence-corrected chi connectivity index (χ3v) is 3.70. The van der Waals surface area contributed by atoms with Gasteiger partial charge in [0.25, 0.3) is 9.05 Å². The van der Waals surface area contributed by atoms with Gasteiger partial charge in [-0.15, -0.1) is 0 Å². The number of ether oxygens (including phenoxy) is 1. The monoisotopic (exact) mass is 342 g/mol. The van der Waals surface area contributed by atoms with E-state index in [-0.39, 0.29) is 11.3 Å². The number of alkyl halides is 3. The second-order valence-electron chi connectivity index (χ2n) is 3.72. The highest BCUT2D eigenvalue weighted by Crippen LogP contribution is 2.33. The summed E-state index contributed by atoms with van der Waals surface area (Å²) in [7, 11) is 2.29. The van der Waals surface area contributed by atoms with Crippen molar-refractivity contribution in [1.82, 2.24) is 10.1 Å². The van der Waals surface area contributed by atoms with Crippen molar-refractivity contribution in [1.29, 1.82) is 0 Å². The minimum Gasteiger partial charge on any atom is -0.495 e. The number of aromatic nitrogens is 2. The molecular formula is C10H6ClF3N2O4S. The molecule has 1 aromatic heterocycles. The van der Waals surface area contributed by atoms with Crippen molar-refractivity contribution >= 4 is 19.7 Å². The lowest BCUT2D eigenvalue weighted by Gasteiger charge is -2.06. The van der Waals surface area contributed by atoms with E-state index in [2.05, 4.69) is 14.7 Å². The third-order valence-electron chi connectivity index (χ3n) is 2.35. The Kier molecular flexibility index (Phi) is 3.85. The zero-order chi connectivity index (χ0) is 15.8. The Bertz CT molecular complexity index is 773. The minimum absolute atomic E-state index is 0.0192. The summed E-state index contributed by atoms with van der Waals surface area (Å²) >= 11 is 0. The Labute approximate surface area is 120 Å². The molecule has 0 saturated heterocycles. The quantitative estimate of drug-likeness (QED) is 0.798. The molecule has 0 unspecified atom stereocenters. The van der Waals surface area contributed by atoms with Crippen LogP contribution in [0, 0.1) is 0 Å². The van der Waals surface area contributed by atoms with Crippen LogP contribution in [0.4, 0.5) is 13.2 Å². The smallest absolute Gasteiger partial charge is 0.471 e. The Morgan fingerprint density at radius 1 is 1.33 bits per heavy atom. The van der Waals surface area contributed by atoms with Gasteiger partial charge in [0, 0.05) is 16.2 Å². The fraction of sp³-hybridized carbons (Fsp3) is 0.200. The maximum Gasteiger partial charge on any atom is 0.471 e. The van der Waals surface area contributed by atoms with E-state index >= 15 is 0 Å². The molecule has 11 heteroatoms. The molecule has 114 valence electrons. The van der Waals surface area contributed by atoms with Crippen LogP contribution < -0.4 is 4.74 Å². The van der Waals surface area contributed by atoms with E-state index in [1.165, 1.54) is 19.2 Å². The lowest BCUT2D eigenvalue weighted by atomic mass is 10.2. The molecule has 0 aliphatic carbocycles. The van der Waals surface area contributed by atoms with E-state index < -0.39 is 31.8 Å². The first kappa shape index (κ1) is 15.6. The molecule has 0 bridgehead atoms. The molecule has 0 fully saturated rings. The van der Waals surface area contributed by atoms with Crippen molar-refractivity contribution in [3.8, 4) is 17.1 Å². The van der Waals surface area contributed by atoms with Gasteiger partial charge in [0.1, 0.15) is 10.6 Å². The van der Waals surface area contributed by atoms with Gasteiger partial charge in [-0.3, -0.25) is 0 Å². The summed E-state index contributed by atoms with van der Waals surface area (Å²) in [6.45, 7) is 0. The molecule has 2 rings (SSSR count). The lowest BCUT2D eigenvalue weighted by molar-refractivity contribution is -0.159. The van der Waals surface area contributed by atoms with E-state index in [0.29, 0.717) is 0 Å². The summed E-state index contributed by atoms with van der Waals surface area (Å²) in [6.07, 6.45) is -4.79. The van der Waals surface area contributed by atoms with E-state index in [1.54, 1.807) is 0 Å². The third kappa shape index (κ3) is 3.27. The van der Waals surface area contributed by atoms with Gasteiger partial charge in [0.2, 0.25) is 5.82 Å². The normalized spacial score (nSPS) is 12.4. The Morgan fingerprint density at radius 3 is 2.48 bits per heavy atom. The number of methoxy groups -OCH3 is 1. The van der Waals surface area contributed by atoms with E-state index in [1.807, 2.05) is 0 Å². The molecule has 0 radical (unpaired) electrons. The predicted octanol–water partition coefficient (Wildman–Crippen LogP) is 2.69. The van der Waals surface area contributed by atoms with Crippen LogP contribution in [-0.2, 0) is 15.2 Å². The molecule has 21 heavy (non-hydrogen) atoms. The number of halogens is 4. The molecule has 0 aliphatic rings. The van der Waals surface area contributed by atoms with Crippen molar-refractivity contribution in [3.05, 3.63) is 24.1 Å². The first-order valence-corrected chi connectivity index (χ1v) is 7.48. The first-order chi connectivity index (χ1) is 9.63. The maximum atomic E-state index is 12.4. The highest BCUT2D eigenvalue weighted by molar-refractivity contribution is 8.13. The first-order valence-electron chi connectivity index (χ1n) is 5.17.